The van der Waals surface area contributed by atoms with Crippen molar-refractivity contribution in [2.24, 2.45) is 0 Å². The van der Waals surface area contributed by atoms with Gasteiger partial charge in [-0.15, -0.1) is 0 Å². The van der Waals surface area contributed by atoms with Crippen molar-refractivity contribution in [1.82, 2.24) is 0 Å². The van der Waals surface area contributed by atoms with E-state index in [-0.39, 0.29) is 5.78 Å². The average Bonchev–Trinajstić information content (AvgIpc) is 2.54. The summed E-state index contributed by atoms with van der Waals surface area (Å²) >= 11 is 0. The van der Waals surface area contributed by atoms with E-state index in [0.29, 0.717) is 0 Å². The van der Waals surface area contributed by atoms with Gasteiger partial charge in [0, 0.05) is 5.56 Å². The molecule has 0 saturated heterocycles. The topological polar surface area (TPSA) is 17.1 Å². The number of Topliss-reactive ketones (excluding diaryl/α,β-unsaturated/α-hetero) is 1. The molecule has 0 heterocycles. The van der Waals surface area contributed by atoms with Gasteiger partial charge in [-0.1, -0.05) is 60.7 Å². The van der Waals surface area contributed by atoms with Crippen molar-refractivity contribution in [2.75, 3.05) is 0 Å². The number of benzene rings is 4. The van der Waals surface area contributed by atoms with Crippen LogP contribution in [0.25, 0.3) is 32.3 Å². The second kappa shape index (κ2) is 4.42. The van der Waals surface area contributed by atoms with Crippen LogP contribution in [-0.2, 0) is 0 Å². The van der Waals surface area contributed by atoms with Crippen LogP contribution in [0.2, 0.25) is 0 Å². The largest absolute Gasteiger partial charge is 0.295 e. The van der Waals surface area contributed by atoms with E-state index < -0.39 is 0 Å². The van der Waals surface area contributed by atoms with Crippen LogP contribution in [0, 0.1) is 0 Å². The Morgan fingerprint density at radius 1 is 0.619 bits per heavy atom. The van der Waals surface area contributed by atoms with E-state index in [1.54, 1.807) is 6.92 Å². The molecule has 4 rings (SSSR count). The quantitative estimate of drug-likeness (QED) is 0.336. The lowest BCUT2D eigenvalue weighted by molar-refractivity contribution is 0.101. The van der Waals surface area contributed by atoms with Crippen LogP contribution in [0.15, 0.2) is 66.7 Å². The highest BCUT2D eigenvalue weighted by molar-refractivity contribution is 6.25. The van der Waals surface area contributed by atoms with Crippen molar-refractivity contribution in [3.8, 4) is 0 Å². The summed E-state index contributed by atoms with van der Waals surface area (Å²) in [5, 5.41) is 7.29. The monoisotopic (exact) mass is 270 g/mol. The Bertz CT molecular complexity index is 977. The molecule has 100 valence electrons. The Kier molecular flexibility index (Phi) is 2.55. The molecule has 0 unspecified atom stereocenters. The zero-order valence-corrected chi connectivity index (χ0v) is 11.8. The molecule has 0 aliphatic rings. The third-order valence-corrected chi connectivity index (χ3v) is 4.15. The lowest BCUT2D eigenvalue weighted by atomic mass is 9.93. The maximum atomic E-state index is 11.7. The Morgan fingerprint density at radius 2 is 1.05 bits per heavy atom. The van der Waals surface area contributed by atoms with Crippen molar-refractivity contribution in [3.05, 3.63) is 72.3 Å². The average molecular weight is 270 g/mol. The van der Waals surface area contributed by atoms with Crippen molar-refractivity contribution in [2.45, 2.75) is 6.92 Å². The fourth-order valence-electron chi connectivity index (χ4n) is 3.13. The zero-order chi connectivity index (χ0) is 14.4. The van der Waals surface area contributed by atoms with Crippen molar-refractivity contribution in [1.29, 1.82) is 0 Å². The maximum absolute atomic E-state index is 11.7. The Hall–Kier alpha value is -2.67. The van der Waals surface area contributed by atoms with Gasteiger partial charge in [-0.3, -0.25) is 4.79 Å². The third-order valence-electron chi connectivity index (χ3n) is 4.15. The molecule has 1 heteroatoms. The van der Waals surface area contributed by atoms with Crippen LogP contribution in [0.1, 0.15) is 17.3 Å². The minimum Gasteiger partial charge on any atom is -0.295 e. The van der Waals surface area contributed by atoms with Gasteiger partial charge >= 0.3 is 0 Å². The van der Waals surface area contributed by atoms with E-state index in [4.69, 9.17) is 0 Å². The third kappa shape index (κ3) is 1.74. The lowest BCUT2D eigenvalue weighted by Crippen LogP contribution is -1.92. The van der Waals surface area contributed by atoms with Gasteiger partial charge < -0.3 is 0 Å². The molecule has 0 aliphatic heterocycles. The number of ketones is 1. The summed E-state index contributed by atoms with van der Waals surface area (Å²) < 4.78 is 0. The van der Waals surface area contributed by atoms with E-state index in [2.05, 4.69) is 54.6 Å². The van der Waals surface area contributed by atoms with Crippen molar-refractivity contribution >= 4 is 38.1 Å². The first-order chi connectivity index (χ1) is 10.3. The molecule has 4 aromatic carbocycles. The number of hydrogen-bond acceptors (Lipinski definition) is 1. The molecule has 0 fully saturated rings. The summed E-state index contributed by atoms with van der Waals surface area (Å²) in [6.45, 7) is 1.62. The SMILES string of the molecule is CC(=O)c1ccc2c3ccccc3c3ccccc3c2c1. The van der Waals surface area contributed by atoms with Crippen LogP contribution >= 0.6 is 0 Å². The summed E-state index contributed by atoms with van der Waals surface area (Å²) in [6, 6.07) is 22.9. The van der Waals surface area contributed by atoms with Gasteiger partial charge in [0.2, 0.25) is 0 Å². The number of fused-ring (bicyclic) bond motifs is 6. The second-order valence-corrected chi connectivity index (χ2v) is 5.41. The van der Waals surface area contributed by atoms with Crippen LogP contribution in [0.5, 0.6) is 0 Å². The summed E-state index contributed by atoms with van der Waals surface area (Å²) in [6.07, 6.45) is 0. The standard InChI is InChI=1S/C20H14O/c1-13(21)14-10-11-19-17-8-3-2-6-15(17)16-7-4-5-9-18(16)20(19)12-14/h2-12H,1H3. The van der Waals surface area contributed by atoms with Gasteiger partial charge in [0.25, 0.3) is 0 Å². The fraction of sp³-hybridized carbons (Fsp3) is 0.0500. The van der Waals surface area contributed by atoms with Gasteiger partial charge in [-0.25, -0.2) is 0 Å². The minimum atomic E-state index is 0.106. The number of carbonyl (C=O) groups is 1. The molecule has 0 aliphatic carbocycles. The van der Waals surface area contributed by atoms with Crippen LogP contribution in [0.4, 0.5) is 0 Å². The number of carbonyl (C=O) groups excluding carboxylic acids is 1. The van der Waals surface area contributed by atoms with Crippen LogP contribution < -0.4 is 0 Å². The molecule has 0 amide bonds. The van der Waals surface area contributed by atoms with Gasteiger partial charge in [0.05, 0.1) is 0 Å². The Balaban J connectivity index is 2.33. The van der Waals surface area contributed by atoms with E-state index in [1.165, 1.54) is 26.9 Å². The smallest absolute Gasteiger partial charge is 0.159 e. The summed E-state index contributed by atoms with van der Waals surface area (Å²) in [4.78, 5) is 11.7. The Morgan fingerprint density at radius 3 is 1.52 bits per heavy atom. The predicted octanol–water partition coefficient (Wildman–Crippen LogP) is 5.35. The van der Waals surface area contributed by atoms with Gasteiger partial charge in [0.15, 0.2) is 5.78 Å². The molecule has 1 nitrogen and oxygen atoms in total. The normalized spacial score (nSPS) is 11.3. The van der Waals surface area contributed by atoms with E-state index >= 15 is 0 Å². The molecular weight excluding hydrogens is 256 g/mol. The first-order valence-electron chi connectivity index (χ1n) is 7.10. The fourth-order valence-corrected chi connectivity index (χ4v) is 3.13. The highest BCUT2D eigenvalue weighted by Crippen LogP contribution is 2.35. The zero-order valence-electron chi connectivity index (χ0n) is 11.8. The molecule has 21 heavy (non-hydrogen) atoms. The summed E-state index contributed by atoms with van der Waals surface area (Å²) in [7, 11) is 0. The number of rotatable bonds is 1. The van der Waals surface area contributed by atoms with E-state index in [9.17, 15) is 4.79 Å². The predicted molar refractivity (Wildman–Crippen MR) is 89.0 cm³/mol. The molecule has 0 spiro atoms. The maximum Gasteiger partial charge on any atom is 0.159 e. The molecule has 0 saturated carbocycles. The molecule has 0 aromatic heterocycles. The van der Waals surface area contributed by atoms with Gasteiger partial charge in [0.1, 0.15) is 0 Å². The van der Waals surface area contributed by atoms with Crippen LogP contribution in [0.3, 0.4) is 0 Å². The van der Waals surface area contributed by atoms with Crippen LogP contribution in [-0.4, -0.2) is 5.78 Å². The summed E-state index contributed by atoms with van der Waals surface area (Å²) in [5.74, 6) is 0.106. The highest BCUT2D eigenvalue weighted by Gasteiger charge is 2.09. The number of hydrogen-bond donors (Lipinski definition) is 0. The first-order valence-corrected chi connectivity index (χ1v) is 7.10. The molecular formula is C20H14O. The van der Waals surface area contributed by atoms with Crippen molar-refractivity contribution < 1.29 is 4.79 Å². The first kappa shape index (κ1) is 12.1. The summed E-state index contributed by atoms with van der Waals surface area (Å²) in [5.41, 5.74) is 0.767. The molecule has 0 N–H and O–H groups in total. The van der Waals surface area contributed by atoms with Gasteiger partial charge in [-0.05, 0) is 45.3 Å². The van der Waals surface area contributed by atoms with Gasteiger partial charge in [-0.2, -0.15) is 0 Å². The van der Waals surface area contributed by atoms with E-state index in [1.807, 2.05) is 12.1 Å². The van der Waals surface area contributed by atoms with E-state index in [0.717, 1.165) is 10.9 Å². The lowest BCUT2D eigenvalue weighted by Gasteiger charge is -2.10. The van der Waals surface area contributed by atoms with Crippen molar-refractivity contribution in [3.63, 3.8) is 0 Å². The molecule has 4 aromatic rings. The Labute approximate surface area is 122 Å². The molecule has 0 bridgehead atoms. The molecule has 0 radical (unpaired) electrons. The second-order valence-electron chi connectivity index (χ2n) is 5.41. The highest BCUT2D eigenvalue weighted by atomic mass is 16.1. The molecule has 0 atom stereocenters. The minimum absolute atomic E-state index is 0.106.